The van der Waals surface area contributed by atoms with Crippen LogP contribution in [0.1, 0.15) is 53.9 Å². The third-order valence-corrected chi connectivity index (χ3v) is 4.61. The number of guanidine groups is 1. The summed E-state index contributed by atoms with van der Waals surface area (Å²) < 4.78 is 5.38. The van der Waals surface area contributed by atoms with Gasteiger partial charge < -0.3 is 20.3 Å². The minimum absolute atomic E-state index is 0. The Bertz CT molecular complexity index is 428. The number of nitrogens with zero attached hydrogens (tertiary/aromatic N) is 2. The monoisotopic (exact) mass is 516 g/mol. The number of halogens is 1. The Balaban J connectivity index is 0. The van der Waals surface area contributed by atoms with Crippen LogP contribution in [0.3, 0.4) is 0 Å². The van der Waals surface area contributed by atoms with Gasteiger partial charge in [-0.1, -0.05) is 13.8 Å². The highest BCUT2D eigenvalue weighted by molar-refractivity contribution is 14.0. The number of alkyl carbamates (subject to hydrolysis) is 1. The van der Waals surface area contributed by atoms with Crippen molar-refractivity contribution in [3.8, 4) is 0 Å². The molecule has 8 heteroatoms. The van der Waals surface area contributed by atoms with Crippen LogP contribution < -0.4 is 10.6 Å². The molecular formula is C19H41IN4O2S. The number of ether oxygens (including phenoxy) is 1. The number of amides is 1. The van der Waals surface area contributed by atoms with E-state index >= 15 is 0 Å². The van der Waals surface area contributed by atoms with E-state index in [0.29, 0.717) is 5.92 Å². The van der Waals surface area contributed by atoms with Crippen LogP contribution in [0.15, 0.2) is 4.99 Å². The van der Waals surface area contributed by atoms with Gasteiger partial charge in [0.25, 0.3) is 0 Å². The lowest BCUT2D eigenvalue weighted by Gasteiger charge is -2.28. The molecule has 6 nitrogen and oxygen atoms in total. The topological polar surface area (TPSA) is 66.0 Å². The molecule has 0 radical (unpaired) electrons. The summed E-state index contributed by atoms with van der Waals surface area (Å²) in [5.41, 5.74) is -0.482. The Morgan fingerprint density at radius 1 is 1.26 bits per heavy atom. The van der Waals surface area contributed by atoms with Gasteiger partial charge in [0.2, 0.25) is 0 Å². The summed E-state index contributed by atoms with van der Waals surface area (Å²) in [4.78, 5) is 18.5. The Hall–Kier alpha value is -0.380. The highest BCUT2D eigenvalue weighted by Gasteiger charge is 2.22. The van der Waals surface area contributed by atoms with Crippen LogP contribution in [0, 0.1) is 5.92 Å². The molecule has 2 N–H and O–H groups in total. The Morgan fingerprint density at radius 2 is 1.89 bits per heavy atom. The number of unbranched alkanes of at least 4 members (excludes halogenated alkanes) is 1. The van der Waals surface area contributed by atoms with Crippen molar-refractivity contribution in [3.05, 3.63) is 0 Å². The second kappa shape index (κ2) is 15.5. The van der Waals surface area contributed by atoms with E-state index in [2.05, 4.69) is 40.6 Å². The molecule has 27 heavy (non-hydrogen) atoms. The maximum atomic E-state index is 12.1. The standard InChI is InChI=1S/C19H40N4O2S.HI/c1-15(2)16(22-18(24)25-19(3,4)5)11-13-23(7)17(20-6)21-12-9-10-14-26-8;/h15-16H,9-14H2,1-8H3,(H,20,21)(H,22,24);1H. The number of carbonyl (C=O) groups is 1. The van der Waals surface area contributed by atoms with Crippen LogP contribution in [-0.4, -0.2) is 67.8 Å². The molecule has 0 aliphatic rings. The summed E-state index contributed by atoms with van der Waals surface area (Å²) >= 11 is 1.88. The summed E-state index contributed by atoms with van der Waals surface area (Å²) in [6.45, 7) is 11.6. The fourth-order valence-electron chi connectivity index (χ4n) is 2.43. The molecule has 1 atom stereocenters. The third-order valence-electron chi connectivity index (χ3n) is 3.91. The van der Waals surface area contributed by atoms with Crippen molar-refractivity contribution in [3.63, 3.8) is 0 Å². The average molecular weight is 517 g/mol. The van der Waals surface area contributed by atoms with Crippen molar-refractivity contribution in [1.29, 1.82) is 0 Å². The quantitative estimate of drug-likeness (QED) is 0.197. The van der Waals surface area contributed by atoms with Gasteiger partial charge >= 0.3 is 6.09 Å². The van der Waals surface area contributed by atoms with E-state index in [1.54, 1.807) is 7.05 Å². The van der Waals surface area contributed by atoms with Crippen LogP contribution in [0.25, 0.3) is 0 Å². The molecule has 0 aromatic rings. The first-order valence-corrected chi connectivity index (χ1v) is 10.9. The lowest BCUT2D eigenvalue weighted by Crippen LogP contribution is -2.45. The number of hydrogen-bond acceptors (Lipinski definition) is 4. The smallest absolute Gasteiger partial charge is 0.407 e. The fraction of sp³-hybridized carbons (Fsp3) is 0.895. The van der Waals surface area contributed by atoms with Gasteiger partial charge in [0.1, 0.15) is 5.60 Å². The molecule has 0 rings (SSSR count). The average Bonchev–Trinajstić information content (AvgIpc) is 2.52. The molecule has 0 aromatic carbocycles. The molecule has 0 saturated carbocycles. The molecule has 0 fully saturated rings. The van der Waals surface area contributed by atoms with E-state index in [-0.39, 0.29) is 36.1 Å². The van der Waals surface area contributed by atoms with Gasteiger partial charge in [-0.2, -0.15) is 11.8 Å². The largest absolute Gasteiger partial charge is 0.444 e. The highest BCUT2D eigenvalue weighted by Crippen LogP contribution is 2.11. The van der Waals surface area contributed by atoms with E-state index in [1.807, 2.05) is 39.6 Å². The first-order chi connectivity index (χ1) is 12.1. The summed E-state index contributed by atoms with van der Waals surface area (Å²) in [6, 6.07) is 0.0620. The van der Waals surface area contributed by atoms with Crippen LogP contribution >= 0.6 is 35.7 Å². The van der Waals surface area contributed by atoms with Crippen molar-refractivity contribution in [2.75, 3.05) is 39.2 Å². The van der Waals surface area contributed by atoms with Crippen molar-refractivity contribution in [2.45, 2.75) is 65.5 Å². The summed E-state index contributed by atoms with van der Waals surface area (Å²) in [5, 5.41) is 6.41. The van der Waals surface area contributed by atoms with Crippen molar-refractivity contribution < 1.29 is 9.53 Å². The first kappa shape index (κ1) is 28.8. The molecule has 0 heterocycles. The predicted octanol–water partition coefficient (Wildman–Crippen LogP) is 4.19. The van der Waals surface area contributed by atoms with Crippen molar-refractivity contribution in [2.24, 2.45) is 10.9 Å². The van der Waals surface area contributed by atoms with Crippen molar-refractivity contribution >= 4 is 47.8 Å². The molecule has 0 aliphatic carbocycles. The SMILES string of the molecule is CN=C(NCCCCSC)N(C)CCC(NC(=O)OC(C)(C)C)C(C)C.I. The summed E-state index contributed by atoms with van der Waals surface area (Å²) in [5.74, 6) is 2.43. The lowest BCUT2D eigenvalue weighted by molar-refractivity contribution is 0.0486. The van der Waals surface area contributed by atoms with Crippen LogP contribution in [0.2, 0.25) is 0 Å². The van der Waals surface area contributed by atoms with Gasteiger partial charge in [0.05, 0.1) is 0 Å². The summed E-state index contributed by atoms with van der Waals surface area (Å²) in [7, 11) is 3.84. The molecule has 0 aromatic heterocycles. The molecule has 1 amide bonds. The number of hydrogen-bond donors (Lipinski definition) is 2. The summed E-state index contributed by atoms with van der Waals surface area (Å²) in [6.07, 6.45) is 4.97. The lowest BCUT2D eigenvalue weighted by atomic mass is 10.0. The highest BCUT2D eigenvalue weighted by atomic mass is 127. The molecule has 1 unspecified atom stereocenters. The van der Waals surface area contributed by atoms with Gasteiger partial charge in [-0.05, 0) is 58.0 Å². The maximum Gasteiger partial charge on any atom is 0.407 e. The van der Waals surface area contributed by atoms with Gasteiger partial charge in [0, 0.05) is 33.2 Å². The van der Waals surface area contributed by atoms with E-state index in [0.717, 1.165) is 31.9 Å². The van der Waals surface area contributed by atoms with Gasteiger partial charge in [-0.15, -0.1) is 24.0 Å². The van der Waals surface area contributed by atoms with Crippen LogP contribution in [0.5, 0.6) is 0 Å². The zero-order chi connectivity index (χ0) is 20.2. The normalized spacial score (nSPS) is 13.0. The van der Waals surface area contributed by atoms with E-state index in [9.17, 15) is 4.79 Å². The molecular weight excluding hydrogens is 475 g/mol. The maximum absolute atomic E-state index is 12.1. The van der Waals surface area contributed by atoms with E-state index in [4.69, 9.17) is 4.74 Å². The predicted molar refractivity (Wildman–Crippen MR) is 130 cm³/mol. The Labute approximate surface area is 188 Å². The van der Waals surface area contributed by atoms with Gasteiger partial charge in [-0.25, -0.2) is 4.79 Å². The zero-order valence-corrected chi connectivity index (χ0v) is 21.6. The molecule has 0 spiro atoms. The minimum Gasteiger partial charge on any atom is -0.444 e. The number of nitrogens with one attached hydrogen (secondary N) is 2. The molecule has 0 bridgehead atoms. The second-order valence-corrected chi connectivity index (χ2v) is 8.87. The first-order valence-electron chi connectivity index (χ1n) is 9.51. The fourth-order valence-corrected chi connectivity index (χ4v) is 2.92. The number of carbonyl (C=O) groups excluding carboxylic acids is 1. The third kappa shape index (κ3) is 15.2. The zero-order valence-electron chi connectivity index (χ0n) is 18.4. The van der Waals surface area contributed by atoms with E-state index < -0.39 is 5.60 Å². The van der Waals surface area contributed by atoms with Gasteiger partial charge in [0.15, 0.2) is 5.96 Å². The Morgan fingerprint density at radius 3 is 2.37 bits per heavy atom. The number of thioether (sulfide) groups is 1. The molecule has 162 valence electrons. The minimum atomic E-state index is -0.482. The van der Waals surface area contributed by atoms with E-state index in [1.165, 1.54) is 12.2 Å². The van der Waals surface area contributed by atoms with Crippen molar-refractivity contribution in [1.82, 2.24) is 15.5 Å². The number of aliphatic imine (C=N–C) groups is 1. The van der Waals surface area contributed by atoms with Crippen LogP contribution in [0.4, 0.5) is 4.79 Å². The second-order valence-electron chi connectivity index (χ2n) is 7.88. The van der Waals surface area contributed by atoms with Gasteiger partial charge in [-0.3, -0.25) is 4.99 Å². The number of rotatable bonds is 10. The molecule has 0 saturated heterocycles. The Kier molecular flexibility index (Phi) is 16.6. The van der Waals surface area contributed by atoms with Crippen LogP contribution in [-0.2, 0) is 4.74 Å². The molecule has 0 aliphatic heterocycles.